The van der Waals surface area contributed by atoms with Crippen molar-refractivity contribution in [2.45, 2.75) is 90.4 Å². The number of benzene rings is 2. The molecule has 1 fully saturated rings. The Morgan fingerprint density at radius 1 is 0.848 bits per heavy atom. The molecule has 180 valence electrons. The van der Waals surface area contributed by atoms with E-state index in [1.54, 1.807) is 13.0 Å². The van der Waals surface area contributed by atoms with E-state index in [1.807, 2.05) is 0 Å². The third-order valence-corrected chi connectivity index (χ3v) is 6.96. The quantitative estimate of drug-likeness (QED) is 0.230. The summed E-state index contributed by atoms with van der Waals surface area (Å²) in [7, 11) is 0. The van der Waals surface area contributed by atoms with E-state index in [2.05, 4.69) is 43.3 Å². The fourth-order valence-electron chi connectivity index (χ4n) is 4.92. The molecule has 0 amide bonds. The Morgan fingerprint density at radius 3 is 2.30 bits per heavy atom. The Labute approximate surface area is 199 Å². The second-order valence-corrected chi connectivity index (χ2v) is 9.41. The van der Waals surface area contributed by atoms with Crippen LogP contribution >= 0.6 is 0 Å². The van der Waals surface area contributed by atoms with Gasteiger partial charge in [-0.05, 0) is 92.9 Å². The zero-order chi connectivity index (χ0) is 23.5. The summed E-state index contributed by atoms with van der Waals surface area (Å²) < 4.78 is 33.3. The van der Waals surface area contributed by atoms with E-state index >= 15 is 0 Å². The zero-order valence-corrected chi connectivity index (χ0v) is 20.4. The first-order valence-electron chi connectivity index (χ1n) is 13.0. The molecule has 0 saturated heterocycles. The van der Waals surface area contributed by atoms with Gasteiger partial charge in [0.1, 0.15) is 0 Å². The third kappa shape index (κ3) is 7.69. The van der Waals surface area contributed by atoms with Gasteiger partial charge in [0.05, 0.1) is 6.61 Å². The van der Waals surface area contributed by atoms with Crippen molar-refractivity contribution in [1.82, 2.24) is 0 Å². The second-order valence-electron chi connectivity index (χ2n) is 9.41. The highest BCUT2D eigenvalue weighted by atomic mass is 19.2. The summed E-state index contributed by atoms with van der Waals surface area (Å²) in [5.74, 6) is -0.388. The Hall–Kier alpha value is -2.16. The van der Waals surface area contributed by atoms with Crippen LogP contribution in [-0.2, 0) is 12.8 Å². The summed E-state index contributed by atoms with van der Waals surface area (Å²) in [6, 6.07) is 12.5. The van der Waals surface area contributed by atoms with E-state index in [9.17, 15) is 8.78 Å². The maximum absolute atomic E-state index is 14.2. The molecule has 0 bridgehead atoms. The van der Waals surface area contributed by atoms with Gasteiger partial charge < -0.3 is 4.74 Å². The molecular weight excluding hydrogens is 414 g/mol. The maximum atomic E-state index is 14.2. The molecule has 1 saturated carbocycles. The first-order valence-corrected chi connectivity index (χ1v) is 13.0. The molecule has 1 nitrogen and oxygen atoms in total. The molecule has 0 spiro atoms. The molecule has 0 unspecified atom stereocenters. The lowest BCUT2D eigenvalue weighted by molar-refractivity contribution is 0.313. The van der Waals surface area contributed by atoms with Crippen LogP contribution in [-0.4, -0.2) is 6.61 Å². The summed E-state index contributed by atoms with van der Waals surface area (Å²) in [6.07, 6.45) is 17.0. The topological polar surface area (TPSA) is 9.23 Å². The minimum atomic E-state index is -0.874. The van der Waals surface area contributed by atoms with E-state index in [0.717, 1.165) is 6.42 Å². The van der Waals surface area contributed by atoms with Crippen LogP contribution in [0.3, 0.4) is 0 Å². The Morgan fingerprint density at radius 2 is 1.61 bits per heavy atom. The van der Waals surface area contributed by atoms with E-state index in [-0.39, 0.29) is 5.75 Å². The number of unbranched alkanes of at least 4 members (excludes halogenated alkanes) is 3. The molecule has 3 rings (SSSR count). The molecule has 1 aliphatic carbocycles. The van der Waals surface area contributed by atoms with Crippen LogP contribution in [0.15, 0.2) is 48.6 Å². The summed E-state index contributed by atoms with van der Waals surface area (Å²) in [5.41, 5.74) is 3.37. The van der Waals surface area contributed by atoms with Gasteiger partial charge in [-0.25, -0.2) is 4.39 Å². The lowest BCUT2D eigenvalue weighted by Crippen LogP contribution is -2.11. The van der Waals surface area contributed by atoms with Gasteiger partial charge in [0, 0.05) is 0 Å². The number of aryl methyl sites for hydroxylation is 2. The van der Waals surface area contributed by atoms with Crippen LogP contribution in [0.25, 0.3) is 0 Å². The summed E-state index contributed by atoms with van der Waals surface area (Å²) in [4.78, 5) is 0. The fraction of sp³-hybridized carbons (Fsp3) is 0.533. The van der Waals surface area contributed by atoms with E-state index in [0.29, 0.717) is 30.4 Å². The van der Waals surface area contributed by atoms with Crippen LogP contribution in [0.1, 0.15) is 94.2 Å². The van der Waals surface area contributed by atoms with E-state index in [1.165, 1.54) is 75.0 Å². The van der Waals surface area contributed by atoms with Gasteiger partial charge >= 0.3 is 0 Å². The highest BCUT2D eigenvalue weighted by molar-refractivity contribution is 5.31. The monoisotopic (exact) mass is 454 g/mol. The van der Waals surface area contributed by atoms with Gasteiger partial charge in [-0.1, -0.05) is 68.7 Å². The number of allylic oxidation sites excluding steroid dienone is 2. The van der Waals surface area contributed by atoms with Crippen molar-refractivity contribution in [3.05, 3.63) is 76.9 Å². The maximum Gasteiger partial charge on any atom is 0.200 e. The van der Waals surface area contributed by atoms with Crippen LogP contribution in [0.4, 0.5) is 8.78 Å². The summed E-state index contributed by atoms with van der Waals surface area (Å²) >= 11 is 0. The van der Waals surface area contributed by atoms with Gasteiger partial charge in [0.2, 0.25) is 5.82 Å². The van der Waals surface area contributed by atoms with Crippen molar-refractivity contribution in [3.8, 4) is 5.75 Å². The fourth-order valence-corrected chi connectivity index (χ4v) is 4.92. The summed E-state index contributed by atoms with van der Waals surface area (Å²) in [6.45, 7) is 4.34. The molecule has 2 aromatic carbocycles. The molecule has 3 heteroatoms. The van der Waals surface area contributed by atoms with Crippen LogP contribution in [0, 0.1) is 17.6 Å². The highest BCUT2D eigenvalue weighted by Crippen LogP contribution is 2.36. The number of ether oxygens (including phenoxy) is 1. The first kappa shape index (κ1) is 25.5. The standard InChI is InChI=1S/C30H40F2O/c1-3-5-6-7-10-23-13-17-25(18-14-23)26-19-15-24(16-20-26)11-8-9-12-27-21-22-28(33-4-2)30(32)29(27)31/h8,11,13-14,17-18,21-22,24,26H,3-7,9-10,12,15-16,19-20H2,1-2H3. The van der Waals surface area contributed by atoms with Crippen LogP contribution < -0.4 is 4.74 Å². The first-order chi connectivity index (χ1) is 16.1. The lowest BCUT2D eigenvalue weighted by atomic mass is 9.78. The predicted molar refractivity (Wildman–Crippen MR) is 134 cm³/mol. The summed E-state index contributed by atoms with van der Waals surface area (Å²) in [5, 5.41) is 0. The third-order valence-electron chi connectivity index (χ3n) is 6.96. The number of halogens is 2. The SMILES string of the molecule is CCCCCCc1ccc(C2CCC(C=CCCc3ccc(OCC)c(F)c3F)CC2)cc1. The Kier molecular flexibility index (Phi) is 10.4. The number of rotatable bonds is 12. The lowest BCUT2D eigenvalue weighted by Gasteiger charge is -2.27. The van der Waals surface area contributed by atoms with Crippen molar-refractivity contribution in [2.24, 2.45) is 5.92 Å². The average molecular weight is 455 g/mol. The van der Waals surface area contributed by atoms with Crippen molar-refractivity contribution < 1.29 is 13.5 Å². The number of hydrogen-bond acceptors (Lipinski definition) is 1. The highest BCUT2D eigenvalue weighted by Gasteiger charge is 2.21. The smallest absolute Gasteiger partial charge is 0.200 e. The van der Waals surface area contributed by atoms with Gasteiger partial charge in [0.25, 0.3) is 0 Å². The average Bonchev–Trinajstić information content (AvgIpc) is 2.84. The van der Waals surface area contributed by atoms with Crippen molar-refractivity contribution in [1.29, 1.82) is 0 Å². The van der Waals surface area contributed by atoms with E-state index in [4.69, 9.17) is 4.74 Å². The van der Waals surface area contributed by atoms with Crippen LogP contribution in [0.2, 0.25) is 0 Å². The molecule has 2 aromatic rings. The van der Waals surface area contributed by atoms with Crippen molar-refractivity contribution in [3.63, 3.8) is 0 Å². The Balaban J connectivity index is 1.40. The van der Waals surface area contributed by atoms with Gasteiger partial charge in [-0.3, -0.25) is 0 Å². The zero-order valence-electron chi connectivity index (χ0n) is 20.4. The Bertz CT molecular complexity index is 864. The molecule has 0 aromatic heterocycles. The van der Waals surface area contributed by atoms with Crippen LogP contribution in [0.5, 0.6) is 5.75 Å². The molecule has 0 N–H and O–H groups in total. The molecule has 33 heavy (non-hydrogen) atoms. The van der Waals surface area contributed by atoms with E-state index < -0.39 is 11.6 Å². The van der Waals surface area contributed by atoms with Gasteiger partial charge in [-0.15, -0.1) is 0 Å². The van der Waals surface area contributed by atoms with Gasteiger partial charge in [0.15, 0.2) is 11.6 Å². The van der Waals surface area contributed by atoms with Crippen molar-refractivity contribution in [2.75, 3.05) is 6.61 Å². The van der Waals surface area contributed by atoms with Crippen molar-refractivity contribution >= 4 is 0 Å². The molecule has 1 aliphatic rings. The molecule has 0 radical (unpaired) electrons. The minimum Gasteiger partial charge on any atom is -0.491 e. The molecule has 0 aliphatic heterocycles. The molecule has 0 heterocycles. The predicted octanol–water partition coefficient (Wildman–Crippen LogP) is 8.95. The molecular formula is C30H40F2O. The molecule has 0 atom stereocenters. The van der Waals surface area contributed by atoms with Gasteiger partial charge in [-0.2, -0.15) is 4.39 Å². The second kappa shape index (κ2) is 13.5. The largest absolute Gasteiger partial charge is 0.491 e. The minimum absolute atomic E-state index is 0.00679. The number of hydrogen-bond donors (Lipinski definition) is 0. The normalized spacial score (nSPS) is 18.7.